The van der Waals surface area contributed by atoms with Gasteiger partial charge in [-0.05, 0) is 25.2 Å². The van der Waals surface area contributed by atoms with E-state index < -0.39 is 17.8 Å². The van der Waals surface area contributed by atoms with E-state index in [4.69, 9.17) is 10.5 Å². The number of hydrogen-bond acceptors (Lipinski definition) is 4. The van der Waals surface area contributed by atoms with Crippen molar-refractivity contribution in [1.82, 2.24) is 9.97 Å². The first-order valence-electron chi connectivity index (χ1n) is 6.77. The predicted molar refractivity (Wildman–Crippen MR) is 68.1 cm³/mol. The summed E-state index contributed by atoms with van der Waals surface area (Å²) in [5, 5.41) is 0. The fourth-order valence-corrected chi connectivity index (χ4v) is 2.54. The second kappa shape index (κ2) is 5.85. The van der Waals surface area contributed by atoms with Crippen molar-refractivity contribution >= 4 is 5.95 Å². The number of anilines is 1. The third kappa shape index (κ3) is 3.74. The molecule has 1 aromatic rings. The van der Waals surface area contributed by atoms with Crippen LogP contribution in [0.2, 0.25) is 0 Å². The molecule has 4 nitrogen and oxygen atoms in total. The SMILES string of the molecule is CCC1CCCC(Oc2cc(C(F)(F)F)nc(N)n2)C1. The van der Waals surface area contributed by atoms with E-state index in [1.807, 2.05) is 0 Å². The van der Waals surface area contributed by atoms with E-state index in [1.54, 1.807) is 0 Å². The van der Waals surface area contributed by atoms with E-state index in [0.29, 0.717) is 5.92 Å². The second-order valence-electron chi connectivity index (χ2n) is 5.13. The van der Waals surface area contributed by atoms with Crippen LogP contribution in [0.1, 0.15) is 44.7 Å². The van der Waals surface area contributed by atoms with Crippen LogP contribution in [0.4, 0.5) is 19.1 Å². The topological polar surface area (TPSA) is 61.0 Å². The van der Waals surface area contributed by atoms with Crippen molar-refractivity contribution in [3.05, 3.63) is 11.8 Å². The fourth-order valence-electron chi connectivity index (χ4n) is 2.54. The van der Waals surface area contributed by atoms with Gasteiger partial charge in [-0.3, -0.25) is 0 Å². The van der Waals surface area contributed by atoms with Crippen LogP contribution in [0.25, 0.3) is 0 Å². The Balaban J connectivity index is 2.11. The highest BCUT2D eigenvalue weighted by atomic mass is 19.4. The highest BCUT2D eigenvalue weighted by Crippen LogP contribution is 2.32. The van der Waals surface area contributed by atoms with Crippen molar-refractivity contribution in [3.63, 3.8) is 0 Å². The Morgan fingerprint density at radius 1 is 1.35 bits per heavy atom. The third-order valence-electron chi connectivity index (χ3n) is 3.61. The molecule has 1 saturated carbocycles. The summed E-state index contributed by atoms with van der Waals surface area (Å²) in [4.78, 5) is 6.93. The number of alkyl halides is 3. The summed E-state index contributed by atoms with van der Waals surface area (Å²) in [5.41, 5.74) is 4.25. The average molecular weight is 289 g/mol. The lowest BCUT2D eigenvalue weighted by atomic mass is 9.85. The molecule has 0 bridgehead atoms. The Hall–Kier alpha value is -1.53. The Labute approximate surface area is 115 Å². The molecule has 2 atom stereocenters. The van der Waals surface area contributed by atoms with Crippen LogP contribution in [0.3, 0.4) is 0 Å². The molecule has 0 saturated heterocycles. The molecule has 7 heteroatoms. The average Bonchev–Trinajstić information content (AvgIpc) is 2.37. The van der Waals surface area contributed by atoms with Crippen molar-refractivity contribution in [2.24, 2.45) is 5.92 Å². The first kappa shape index (κ1) is 14.9. The zero-order valence-corrected chi connectivity index (χ0v) is 11.3. The fraction of sp³-hybridized carbons (Fsp3) is 0.692. The van der Waals surface area contributed by atoms with Crippen LogP contribution in [0.5, 0.6) is 5.88 Å². The van der Waals surface area contributed by atoms with Crippen molar-refractivity contribution < 1.29 is 17.9 Å². The van der Waals surface area contributed by atoms with E-state index in [-0.39, 0.29) is 12.0 Å². The van der Waals surface area contributed by atoms with Crippen LogP contribution in [-0.4, -0.2) is 16.1 Å². The van der Waals surface area contributed by atoms with Crippen LogP contribution in [0, 0.1) is 5.92 Å². The molecule has 2 unspecified atom stereocenters. The maximum Gasteiger partial charge on any atom is 0.433 e. The Morgan fingerprint density at radius 2 is 2.10 bits per heavy atom. The molecule has 2 N–H and O–H groups in total. The number of nitrogen functional groups attached to an aromatic ring is 1. The van der Waals surface area contributed by atoms with Crippen molar-refractivity contribution in [1.29, 1.82) is 0 Å². The number of aromatic nitrogens is 2. The Bertz CT molecular complexity index is 465. The molecule has 0 amide bonds. The van der Waals surface area contributed by atoms with E-state index in [9.17, 15) is 13.2 Å². The largest absolute Gasteiger partial charge is 0.474 e. The minimum absolute atomic E-state index is 0.0911. The van der Waals surface area contributed by atoms with Gasteiger partial charge in [0, 0.05) is 6.07 Å². The molecular formula is C13H18F3N3O. The maximum atomic E-state index is 12.6. The molecule has 2 rings (SSSR count). The monoisotopic (exact) mass is 289 g/mol. The molecule has 1 fully saturated rings. The summed E-state index contributed by atoms with van der Waals surface area (Å²) in [7, 11) is 0. The first-order valence-corrected chi connectivity index (χ1v) is 6.77. The van der Waals surface area contributed by atoms with Gasteiger partial charge in [-0.25, -0.2) is 4.98 Å². The Kier molecular flexibility index (Phi) is 4.35. The third-order valence-corrected chi connectivity index (χ3v) is 3.61. The lowest BCUT2D eigenvalue weighted by Crippen LogP contribution is -2.26. The minimum atomic E-state index is -4.55. The van der Waals surface area contributed by atoms with Gasteiger partial charge < -0.3 is 10.5 Å². The number of ether oxygens (including phenoxy) is 1. The van der Waals surface area contributed by atoms with Gasteiger partial charge in [0.25, 0.3) is 0 Å². The molecule has 1 aliphatic rings. The summed E-state index contributed by atoms with van der Waals surface area (Å²) in [6, 6.07) is 0.811. The Morgan fingerprint density at radius 3 is 2.75 bits per heavy atom. The summed E-state index contributed by atoms with van der Waals surface area (Å²) >= 11 is 0. The first-order chi connectivity index (χ1) is 9.38. The molecule has 1 heterocycles. The smallest absolute Gasteiger partial charge is 0.433 e. The zero-order valence-electron chi connectivity index (χ0n) is 11.3. The lowest BCUT2D eigenvalue weighted by Gasteiger charge is -2.28. The molecule has 20 heavy (non-hydrogen) atoms. The van der Waals surface area contributed by atoms with E-state index in [1.165, 1.54) is 0 Å². The molecule has 0 spiro atoms. The number of nitrogens with zero attached hydrogens (tertiary/aromatic N) is 2. The quantitative estimate of drug-likeness (QED) is 0.926. The van der Waals surface area contributed by atoms with Crippen molar-refractivity contribution in [2.45, 2.75) is 51.3 Å². The predicted octanol–water partition coefficient (Wildman–Crippen LogP) is 3.43. The van der Waals surface area contributed by atoms with Gasteiger partial charge in [-0.2, -0.15) is 18.2 Å². The maximum absolute atomic E-state index is 12.6. The van der Waals surface area contributed by atoms with E-state index in [2.05, 4.69) is 16.9 Å². The van der Waals surface area contributed by atoms with Crippen LogP contribution < -0.4 is 10.5 Å². The van der Waals surface area contributed by atoms with E-state index in [0.717, 1.165) is 38.2 Å². The van der Waals surface area contributed by atoms with Crippen LogP contribution in [-0.2, 0) is 6.18 Å². The van der Waals surface area contributed by atoms with Gasteiger partial charge in [-0.1, -0.05) is 19.8 Å². The number of rotatable bonds is 3. The van der Waals surface area contributed by atoms with Gasteiger partial charge >= 0.3 is 6.18 Å². The van der Waals surface area contributed by atoms with Crippen molar-refractivity contribution in [2.75, 3.05) is 5.73 Å². The van der Waals surface area contributed by atoms with E-state index >= 15 is 0 Å². The van der Waals surface area contributed by atoms with Crippen LogP contribution in [0.15, 0.2) is 6.07 Å². The van der Waals surface area contributed by atoms with Crippen molar-refractivity contribution in [3.8, 4) is 5.88 Å². The lowest BCUT2D eigenvalue weighted by molar-refractivity contribution is -0.141. The normalized spacial score (nSPS) is 23.6. The molecule has 0 radical (unpaired) electrons. The molecule has 0 aromatic carbocycles. The molecule has 1 aliphatic carbocycles. The highest BCUT2D eigenvalue weighted by molar-refractivity contribution is 5.27. The van der Waals surface area contributed by atoms with Gasteiger partial charge in [0.1, 0.15) is 6.10 Å². The number of nitrogens with two attached hydrogens (primary N) is 1. The highest BCUT2D eigenvalue weighted by Gasteiger charge is 2.34. The number of hydrogen-bond donors (Lipinski definition) is 1. The molecule has 112 valence electrons. The van der Waals surface area contributed by atoms with Gasteiger partial charge in [0.05, 0.1) is 0 Å². The summed E-state index contributed by atoms with van der Waals surface area (Å²) in [6.45, 7) is 2.11. The van der Waals surface area contributed by atoms with Gasteiger partial charge in [0.15, 0.2) is 5.69 Å². The van der Waals surface area contributed by atoms with Gasteiger partial charge in [0.2, 0.25) is 11.8 Å². The number of halogens is 3. The molecule has 0 aliphatic heterocycles. The minimum Gasteiger partial charge on any atom is -0.474 e. The summed E-state index contributed by atoms with van der Waals surface area (Å²) in [5.74, 6) is 0.0549. The summed E-state index contributed by atoms with van der Waals surface area (Å²) < 4.78 is 43.5. The molecule has 1 aromatic heterocycles. The molecular weight excluding hydrogens is 271 g/mol. The second-order valence-corrected chi connectivity index (χ2v) is 5.13. The summed E-state index contributed by atoms with van der Waals surface area (Å²) in [6.07, 6.45) is 0.270. The van der Waals surface area contributed by atoms with Gasteiger partial charge in [-0.15, -0.1) is 0 Å². The van der Waals surface area contributed by atoms with Crippen LogP contribution >= 0.6 is 0 Å². The zero-order chi connectivity index (χ0) is 14.8. The standard InChI is InChI=1S/C13H18F3N3O/c1-2-8-4-3-5-9(6-8)20-11-7-10(13(14,15)16)18-12(17)19-11/h7-9H,2-6H2,1H3,(H2,17,18,19).